The summed E-state index contributed by atoms with van der Waals surface area (Å²) in [7, 11) is 0. The van der Waals surface area contributed by atoms with E-state index in [0.717, 1.165) is 44.9 Å². The van der Waals surface area contributed by atoms with Crippen molar-refractivity contribution in [2.24, 2.45) is 11.7 Å². The van der Waals surface area contributed by atoms with Crippen LogP contribution in [0.2, 0.25) is 0 Å². The summed E-state index contributed by atoms with van der Waals surface area (Å²) in [5.74, 6) is 0.991. The Kier molecular flexibility index (Phi) is 8.46. The number of carbonyl (C=O) groups excluding carboxylic acids is 1. The van der Waals surface area contributed by atoms with Gasteiger partial charge in [-0.1, -0.05) is 37.3 Å². The van der Waals surface area contributed by atoms with E-state index in [1.54, 1.807) is 0 Å². The van der Waals surface area contributed by atoms with Gasteiger partial charge in [-0.05, 0) is 24.3 Å². The maximum absolute atomic E-state index is 12.4. The molecule has 1 aliphatic rings. The lowest BCUT2D eigenvalue weighted by molar-refractivity contribution is -0.133. The van der Waals surface area contributed by atoms with Gasteiger partial charge in [0.2, 0.25) is 5.91 Å². The van der Waals surface area contributed by atoms with Crippen LogP contribution in [0.3, 0.4) is 0 Å². The van der Waals surface area contributed by atoms with E-state index in [9.17, 15) is 4.79 Å². The Labute approximate surface area is 140 Å². The molecule has 2 rings (SSSR count). The molecule has 1 amide bonds. The largest absolute Gasteiger partial charge is 0.342 e. The van der Waals surface area contributed by atoms with Crippen LogP contribution in [0.25, 0.3) is 0 Å². The van der Waals surface area contributed by atoms with Crippen molar-refractivity contribution in [2.75, 3.05) is 32.7 Å². The molecule has 0 aromatic heterocycles. The van der Waals surface area contributed by atoms with E-state index in [4.69, 9.17) is 5.73 Å². The molecular formula is C17H28ClN3O. The highest BCUT2D eigenvalue weighted by molar-refractivity contribution is 5.85. The average Bonchev–Trinajstić information content (AvgIpc) is 2.49. The molecule has 4 nitrogen and oxygen atoms in total. The Bertz CT molecular complexity index is 433. The normalized spacial score (nSPS) is 15.7. The molecule has 1 aromatic rings. The molecule has 0 bridgehead atoms. The monoisotopic (exact) mass is 325 g/mol. The van der Waals surface area contributed by atoms with Gasteiger partial charge in [-0.2, -0.15) is 0 Å². The molecular weight excluding hydrogens is 298 g/mol. The SMILES string of the molecule is CC1CCN(C(=O)CN(CCN)Cc2ccccc2)CC1.Cl. The fraction of sp³-hybridized carbons (Fsp3) is 0.588. The summed E-state index contributed by atoms with van der Waals surface area (Å²) in [6.07, 6.45) is 2.25. The van der Waals surface area contributed by atoms with Gasteiger partial charge in [-0.15, -0.1) is 12.4 Å². The molecule has 1 saturated heterocycles. The second-order valence-corrected chi connectivity index (χ2v) is 6.05. The molecule has 0 atom stereocenters. The molecule has 1 aliphatic heterocycles. The van der Waals surface area contributed by atoms with E-state index in [0.29, 0.717) is 13.1 Å². The molecule has 0 aliphatic carbocycles. The fourth-order valence-corrected chi connectivity index (χ4v) is 2.79. The average molecular weight is 326 g/mol. The van der Waals surface area contributed by atoms with Crippen molar-refractivity contribution in [2.45, 2.75) is 26.3 Å². The molecule has 22 heavy (non-hydrogen) atoms. The van der Waals surface area contributed by atoms with E-state index in [1.165, 1.54) is 5.56 Å². The van der Waals surface area contributed by atoms with Crippen LogP contribution in [0.5, 0.6) is 0 Å². The second kappa shape index (κ2) is 9.82. The highest BCUT2D eigenvalue weighted by Crippen LogP contribution is 2.16. The van der Waals surface area contributed by atoms with Crippen molar-refractivity contribution in [3.05, 3.63) is 35.9 Å². The van der Waals surface area contributed by atoms with Crippen molar-refractivity contribution in [3.63, 3.8) is 0 Å². The Hall–Kier alpha value is -1.10. The minimum atomic E-state index is 0. The van der Waals surface area contributed by atoms with Crippen LogP contribution in [-0.2, 0) is 11.3 Å². The summed E-state index contributed by atoms with van der Waals surface area (Å²) in [5, 5.41) is 0. The lowest BCUT2D eigenvalue weighted by atomic mass is 9.99. The number of carbonyl (C=O) groups is 1. The van der Waals surface area contributed by atoms with Gasteiger partial charge < -0.3 is 10.6 Å². The topological polar surface area (TPSA) is 49.6 Å². The van der Waals surface area contributed by atoms with Crippen LogP contribution < -0.4 is 5.73 Å². The van der Waals surface area contributed by atoms with Crippen molar-refractivity contribution in [3.8, 4) is 0 Å². The number of rotatable bonds is 6. The minimum Gasteiger partial charge on any atom is -0.342 e. The third kappa shape index (κ3) is 5.95. The lowest BCUT2D eigenvalue weighted by Crippen LogP contribution is -2.44. The zero-order chi connectivity index (χ0) is 15.1. The molecule has 0 spiro atoms. The third-order valence-corrected chi connectivity index (χ3v) is 4.19. The Morgan fingerprint density at radius 3 is 2.50 bits per heavy atom. The molecule has 0 saturated carbocycles. The van der Waals surface area contributed by atoms with E-state index in [1.807, 2.05) is 23.1 Å². The lowest BCUT2D eigenvalue weighted by Gasteiger charge is -2.32. The number of nitrogens with two attached hydrogens (primary N) is 1. The van der Waals surface area contributed by atoms with Gasteiger partial charge in [0.15, 0.2) is 0 Å². The zero-order valence-corrected chi connectivity index (χ0v) is 14.2. The summed E-state index contributed by atoms with van der Waals surface area (Å²) in [4.78, 5) is 16.6. The highest BCUT2D eigenvalue weighted by atomic mass is 35.5. The molecule has 0 unspecified atom stereocenters. The van der Waals surface area contributed by atoms with Crippen molar-refractivity contribution in [1.82, 2.24) is 9.80 Å². The van der Waals surface area contributed by atoms with Crippen LogP contribution in [-0.4, -0.2) is 48.4 Å². The number of amides is 1. The van der Waals surface area contributed by atoms with Gasteiger partial charge in [0, 0.05) is 32.7 Å². The van der Waals surface area contributed by atoms with Crippen molar-refractivity contribution >= 4 is 18.3 Å². The summed E-state index contributed by atoms with van der Waals surface area (Å²) in [6.45, 7) is 6.66. The van der Waals surface area contributed by atoms with E-state index < -0.39 is 0 Å². The summed E-state index contributed by atoms with van der Waals surface area (Å²) in [6, 6.07) is 10.3. The number of likely N-dealkylation sites (tertiary alicyclic amines) is 1. The third-order valence-electron chi connectivity index (χ3n) is 4.19. The molecule has 5 heteroatoms. The standard InChI is InChI=1S/C17H27N3O.ClH/c1-15-7-10-20(11-8-15)17(21)14-19(12-9-18)13-16-5-3-2-4-6-16;/h2-6,15H,7-14,18H2,1H3;1H. The number of piperidine rings is 1. The van der Waals surface area contributed by atoms with Crippen LogP contribution in [0.1, 0.15) is 25.3 Å². The van der Waals surface area contributed by atoms with Crippen LogP contribution in [0, 0.1) is 5.92 Å². The molecule has 1 heterocycles. The van der Waals surface area contributed by atoms with E-state index in [-0.39, 0.29) is 18.3 Å². The summed E-state index contributed by atoms with van der Waals surface area (Å²) < 4.78 is 0. The van der Waals surface area contributed by atoms with Crippen LogP contribution in [0.15, 0.2) is 30.3 Å². The maximum Gasteiger partial charge on any atom is 0.236 e. The number of halogens is 1. The predicted molar refractivity (Wildman–Crippen MR) is 93.0 cm³/mol. The maximum atomic E-state index is 12.4. The molecule has 1 fully saturated rings. The first-order valence-corrected chi connectivity index (χ1v) is 7.93. The Morgan fingerprint density at radius 1 is 1.27 bits per heavy atom. The van der Waals surface area contributed by atoms with Crippen LogP contribution in [0.4, 0.5) is 0 Å². The fourth-order valence-electron chi connectivity index (χ4n) is 2.79. The first kappa shape index (κ1) is 18.9. The number of nitrogens with zero attached hydrogens (tertiary/aromatic N) is 2. The van der Waals surface area contributed by atoms with Gasteiger partial charge in [-0.25, -0.2) is 0 Å². The Morgan fingerprint density at radius 2 is 1.91 bits per heavy atom. The predicted octanol–water partition coefficient (Wildman–Crippen LogP) is 2.13. The van der Waals surface area contributed by atoms with Crippen molar-refractivity contribution < 1.29 is 4.79 Å². The summed E-state index contributed by atoms with van der Waals surface area (Å²) >= 11 is 0. The molecule has 1 aromatic carbocycles. The van der Waals surface area contributed by atoms with E-state index >= 15 is 0 Å². The van der Waals surface area contributed by atoms with Crippen LogP contribution >= 0.6 is 12.4 Å². The van der Waals surface area contributed by atoms with E-state index in [2.05, 4.69) is 24.0 Å². The first-order valence-electron chi connectivity index (χ1n) is 7.93. The molecule has 2 N–H and O–H groups in total. The highest BCUT2D eigenvalue weighted by Gasteiger charge is 2.21. The number of hydrogen-bond acceptors (Lipinski definition) is 3. The minimum absolute atomic E-state index is 0. The van der Waals surface area contributed by atoms with Gasteiger partial charge in [0.25, 0.3) is 0 Å². The van der Waals surface area contributed by atoms with Gasteiger partial charge in [0.05, 0.1) is 6.54 Å². The quantitative estimate of drug-likeness (QED) is 0.871. The molecule has 0 radical (unpaired) electrons. The van der Waals surface area contributed by atoms with Gasteiger partial charge >= 0.3 is 0 Å². The van der Waals surface area contributed by atoms with Gasteiger partial charge in [-0.3, -0.25) is 9.69 Å². The second-order valence-electron chi connectivity index (χ2n) is 6.05. The summed E-state index contributed by atoms with van der Waals surface area (Å²) in [5.41, 5.74) is 6.92. The molecule has 124 valence electrons. The van der Waals surface area contributed by atoms with Gasteiger partial charge in [0.1, 0.15) is 0 Å². The van der Waals surface area contributed by atoms with Crippen molar-refractivity contribution in [1.29, 1.82) is 0 Å². The Balaban J connectivity index is 0.00000242. The zero-order valence-electron chi connectivity index (χ0n) is 13.4. The first-order chi connectivity index (χ1) is 10.2. The number of benzene rings is 1. The smallest absolute Gasteiger partial charge is 0.236 e. The number of hydrogen-bond donors (Lipinski definition) is 1.